The van der Waals surface area contributed by atoms with E-state index >= 15 is 0 Å². The zero-order chi connectivity index (χ0) is 13.2. The van der Waals surface area contributed by atoms with Gasteiger partial charge in [0.1, 0.15) is 0 Å². The number of nitrogens with one attached hydrogen (secondary N) is 1. The van der Waals surface area contributed by atoms with Crippen molar-refractivity contribution in [3.05, 3.63) is 45.4 Å². The summed E-state index contributed by atoms with van der Waals surface area (Å²) in [6, 6.07) is 6.22. The first kappa shape index (κ1) is 13.3. The molecule has 0 amide bonds. The van der Waals surface area contributed by atoms with Gasteiger partial charge in [-0.1, -0.05) is 15.9 Å². The molecule has 1 fully saturated rings. The first-order valence-corrected chi connectivity index (χ1v) is 8.02. The van der Waals surface area contributed by atoms with E-state index in [4.69, 9.17) is 0 Å². The quantitative estimate of drug-likeness (QED) is 0.851. The Morgan fingerprint density at radius 3 is 2.79 bits per heavy atom. The summed E-state index contributed by atoms with van der Waals surface area (Å²) in [7, 11) is 0. The Bertz CT molecular complexity index is 574. The molecule has 3 rings (SSSR count). The van der Waals surface area contributed by atoms with Crippen LogP contribution in [0.3, 0.4) is 0 Å². The van der Waals surface area contributed by atoms with Crippen molar-refractivity contribution in [2.45, 2.75) is 18.8 Å². The molecule has 1 saturated heterocycles. The van der Waals surface area contributed by atoms with Gasteiger partial charge in [0.05, 0.1) is 12.0 Å². The van der Waals surface area contributed by atoms with E-state index in [-0.39, 0.29) is 0 Å². The summed E-state index contributed by atoms with van der Waals surface area (Å²) in [6.07, 6.45) is 6.27. The van der Waals surface area contributed by atoms with Crippen LogP contribution >= 0.6 is 31.9 Å². The molecule has 1 aromatic heterocycles. The number of hydrogen-bond acceptors (Lipinski definition) is 2. The van der Waals surface area contributed by atoms with Crippen LogP contribution in [0.1, 0.15) is 24.5 Å². The molecule has 5 heteroatoms. The molecule has 0 spiro atoms. The van der Waals surface area contributed by atoms with Crippen LogP contribution in [0, 0.1) is 0 Å². The first-order chi connectivity index (χ1) is 9.25. The number of nitrogens with zero attached hydrogens (tertiary/aromatic N) is 2. The molecule has 1 aliphatic rings. The lowest BCUT2D eigenvalue weighted by molar-refractivity contribution is 0.449. The fourth-order valence-corrected chi connectivity index (χ4v) is 3.38. The number of piperidine rings is 1. The smallest absolute Gasteiger partial charge is 0.0994 e. The van der Waals surface area contributed by atoms with Crippen molar-refractivity contribution in [3.63, 3.8) is 0 Å². The standard InChI is InChI=1S/C14H15Br2N3/c15-11-1-2-12(16)13(7-11)19-9-18-8-14(19)10-3-5-17-6-4-10/h1-2,7-10,17H,3-6H2. The molecule has 19 heavy (non-hydrogen) atoms. The number of benzene rings is 1. The van der Waals surface area contributed by atoms with E-state index < -0.39 is 0 Å². The van der Waals surface area contributed by atoms with Crippen LogP contribution in [0.25, 0.3) is 5.69 Å². The zero-order valence-corrected chi connectivity index (χ0v) is 13.6. The molecular weight excluding hydrogens is 370 g/mol. The second kappa shape index (κ2) is 5.77. The summed E-state index contributed by atoms with van der Waals surface area (Å²) in [4.78, 5) is 4.35. The maximum atomic E-state index is 4.35. The van der Waals surface area contributed by atoms with Crippen molar-refractivity contribution in [3.8, 4) is 5.69 Å². The van der Waals surface area contributed by atoms with Gasteiger partial charge < -0.3 is 9.88 Å². The van der Waals surface area contributed by atoms with Gasteiger partial charge in [0.2, 0.25) is 0 Å². The molecule has 1 aliphatic heterocycles. The number of aromatic nitrogens is 2. The molecule has 0 aliphatic carbocycles. The average molecular weight is 385 g/mol. The van der Waals surface area contributed by atoms with Gasteiger partial charge in [-0.15, -0.1) is 0 Å². The van der Waals surface area contributed by atoms with Crippen molar-refractivity contribution < 1.29 is 0 Å². The van der Waals surface area contributed by atoms with E-state index in [0.29, 0.717) is 5.92 Å². The van der Waals surface area contributed by atoms with Crippen LogP contribution in [0.15, 0.2) is 39.7 Å². The highest BCUT2D eigenvalue weighted by Gasteiger charge is 2.20. The molecule has 0 atom stereocenters. The van der Waals surface area contributed by atoms with Gasteiger partial charge in [-0.25, -0.2) is 4.98 Å². The maximum absolute atomic E-state index is 4.35. The summed E-state index contributed by atoms with van der Waals surface area (Å²) < 4.78 is 4.37. The molecule has 0 saturated carbocycles. The minimum absolute atomic E-state index is 0.592. The highest BCUT2D eigenvalue weighted by molar-refractivity contribution is 9.11. The van der Waals surface area contributed by atoms with Crippen molar-refractivity contribution in [1.29, 1.82) is 0 Å². The highest BCUT2D eigenvalue weighted by Crippen LogP contribution is 2.31. The fraction of sp³-hybridized carbons (Fsp3) is 0.357. The van der Waals surface area contributed by atoms with E-state index in [1.807, 2.05) is 18.6 Å². The SMILES string of the molecule is Brc1ccc(Br)c(-n2cncc2C2CCNCC2)c1. The molecular formula is C14H15Br2N3. The maximum Gasteiger partial charge on any atom is 0.0994 e. The van der Waals surface area contributed by atoms with Gasteiger partial charge in [0, 0.05) is 26.8 Å². The molecule has 1 N–H and O–H groups in total. The second-order valence-corrected chi connectivity index (χ2v) is 6.58. The molecule has 0 bridgehead atoms. The normalized spacial score (nSPS) is 16.7. The van der Waals surface area contributed by atoms with Crippen LogP contribution in [0.4, 0.5) is 0 Å². The van der Waals surface area contributed by atoms with E-state index in [0.717, 1.165) is 27.7 Å². The Morgan fingerprint density at radius 1 is 1.21 bits per heavy atom. The van der Waals surface area contributed by atoms with Crippen LogP contribution in [0.2, 0.25) is 0 Å². The summed E-state index contributed by atoms with van der Waals surface area (Å²) in [5, 5.41) is 3.41. The van der Waals surface area contributed by atoms with Gasteiger partial charge in [0.15, 0.2) is 0 Å². The van der Waals surface area contributed by atoms with Crippen LogP contribution in [-0.2, 0) is 0 Å². The zero-order valence-electron chi connectivity index (χ0n) is 10.4. The predicted molar refractivity (Wildman–Crippen MR) is 83.8 cm³/mol. The van der Waals surface area contributed by atoms with Crippen LogP contribution in [-0.4, -0.2) is 22.6 Å². The lowest BCUT2D eigenvalue weighted by atomic mass is 9.95. The largest absolute Gasteiger partial charge is 0.317 e. The van der Waals surface area contributed by atoms with Crippen molar-refractivity contribution in [1.82, 2.24) is 14.9 Å². The second-order valence-electron chi connectivity index (χ2n) is 4.81. The molecule has 0 radical (unpaired) electrons. The number of imidazole rings is 1. The van der Waals surface area contributed by atoms with Crippen molar-refractivity contribution in [2.24, 2.45) is 0 Å². The minimum Gasteiger partial charge on any atom is -0.317 e. The Balaban J connectivity index is 2.01. The summed E-state index contributed by atoms with van der Waals surface area (Å²) >= 11 is 7.17. The van der Waals surface area contributed by atoms with Crippen LogP contribution in [0.5, 0.6) is 0 Å². The molecule has 0 unspecified atom stereocenters. The van der Waals surface area contributed by atoms with Crippen molar-refractivity contribution >= 4 is 31.9 Å². The van der Waals surface area contributed by atoms with E-state index in [9.17, 15) is 0 Å². The summed E-state index contributed by atoms with van der Waals surface area (Å²) in [5.41, 5.74) is 2.45. The van der Waals surface area contributed by atoms with Gasteiger partial charge in [0.25, 0.3) is 0 Å². The fourth-order valence-electron chi connectivity index (χ4n) is 2.60. The van der Waals surface area contributed by atoms with Gasteiger partial charge >= 0.3 is 0 Å². The van der Waals surface area contributed by atoms with E-state index in [2.05, 4.69) is 58.9 Å². The van der Waals surface area contributed by atoms with Gasteiger partial charge in [-0.05, 0) is 60.1 Å². The molecule has 3 nitrogen and oxygen atoms in total. The number of hydrogen-bond donors (Lipinski definition) is 1. The average Bonchev–Trinajstić information content (AvgIpc) is 2.91. The topological polar surface area (TPSA) is 29.9 Å². The number of rotatable bonds is 2. The minimum atomic E-state index is 0.592. The summed E-state index contributed by atoms with van der Waals surface area (Å²) in [6.45, 7) is 2.19. The predicted octanol–water partition coefficient (Wildman–Crippen LogP) is 3.86. The lowest BCUT2D eigenvalue weighted by Gasteiger charge is -2.24. The third-order valence-corrected chi connectivity index (χ3v) is 4.76. The lowest BCUT2D eigenvalue weighted by Crippen LogP contribution is -2.27. The molecule has 2 heterocycles. The first-order valence-electron chi connectivity index (χ1n) is 6.44. The Labute approximate surface area is 129 Å². The number of halogens is 2. The monoisotopic (exact) mass is 383 g/mol. The van der Waals surface area contributed by atoms with E-state index in [1.54, 1.807) is 0 Å². The third kappa shape index (κ3) is 2.78. The van der Waals surface area contributed by atoms with Gasteiger partial charge in [-0.3, -0.25) is 0 Å². The van der Waals surface area contributed by atoms with Crippen LogP contribution < -0.4 is 5.32 Å². The molecule has 2 aromatic rings. The van der Waals surface area contributed by atoms with Gasteiger partial charge in [-0.2, -0.15) is 0 Å². The van der Waals surface area contributed by atoms with E-state index in [1.165, 1.54) is 18.5 Å². The summed E-state index contributed by atoms with van der Waals surface area (Å²) in [5.74, 6) is 0.592. The Hall–Kier alpha value is -0.650. The molecule has 1 aromatic carbocycles. The van der Waals surface area contributed by atoms with Crippen molar-refractivity contribution in [2.75, 3.05) is 13.1 Å². The highest BCUT2D eigenvalue weighted by atomic mass is 79.9. The molecule has 100 valence electrons. The Kier molecular flexibility index (Phi) is 4.05. The third-order valence-electron chi connectivity index (χ3n) is 3.59. The Morgan fingerprint density at radius 2 is 2.00 bits per heavy atom.